The monoisotopic (exact) mass is 284 g/mol. The van der Waals surface area contributed by atoms with Crippen molar-refractivity contribution in [3.05, 3.63) is 60.0 Å². The van der Waals surface area contributed by atoms with Crippen LogP contribution in [0.4, 0.5) is 0 Å². The summed E-state index contributed by atoms with van der Waals surface area (Å²) in [7, 11) is 1.69. The molecule has 0 bridgehead atoms. The number of imidazole rings is 1. The van der Waals surface area contributed by atoms with Crippen molar-refractivity contribution in [3.8, 4) is 16.2 Å². The van der Waals surface area contributed by atoms with Crippen LogP contribution < -0.4 is 4.74 Å². The first-order valence-corrected chi connectivity index (χ1v) is 7.31. The van der Waals surface area contributed by atoms with Gasteiger partial charge in [0.1, 0.15) is 5.75 Å². The summed E-state index contributed by atoms with van der Waals surface area (Å²) in [4.78, 5) is 6.71. The maximum atomic E-state index is 5.19. The number of nitrogens with zero attached hydrogens (tertiary/aromatic N) is 2. The van der Waals surface area contributed by atoms with Gasteiger partial charge in [0, 0.05) is 22.1 Å². The van der Waals surface area contributed by atoms with Crippen molar-refractivity contribution in [2.75, 3.05) is 7.11 Å². The Morgan fingerprint density at radius 1 is 1.15 bits per heavy atom. The van der Waals surface area contributed by atoms with Gasteiger partial charge in [-0.1, -0.05) is 0 Å². The van der Waals surface area contributed by atoms with E-state index in [0.717, 1.165) is 5.75 Å². The molecular weight excluding hydrogens is 268 g/mol. The molecule has 1 aromatic carbocycles. The molecule has 0 aliphatic heterocycles. The first-order chi connectivity index (χ1) is 9.78. The van der Waals surface area contributed by atoms with Crippen molar-refractivity contribution in [1.29, 1.82) is 0 Å². The molecule has 0 amide bonds. The second-order valence-corrected chi connectivity index (χ2v) is 5.73. The molecule has 102 valence electrons. The summed E-state index contributed by atoms with van der Waals surface area (Å²) in [6.07, 6.45) is 5.67. The van der Waals surface area contributed by atoms with Crippen LogP contribution in [0.15, 0.2) is 55.1 Å². The van der Waals surface area contributed by atoms with Gasteiger partial charge >= 0.3 is 0 Å². The minimum absolute atomic E-state index is 0.314. The zero-order chi connectivity index (χ0) is 13.9. The fourth-order valence-corrected chi connectivity index (χ4v) is 3.21. The van der Waals surface area contributed by atoms with E-state index >= 15 is 0 Å². The van der Waals surface area contributed by atoms with E-state index in [9.17, 15) is 0 Å². The van der Waals surface area contributed by atoms with Crippen molar-refractivity contribution in [2.24, 2.45) is 0 Å². The predicted molar refractivity (Wildman–Crippen MR) is 82.3 cm³/mol. The minimum atomic E-state index is 0.314. The second-order valence-electron chi connectivity index (χ2n) is 4.62. The Morgan fingerprint density at radius 2 is 1.95 bits per heavy atom. The number of rotatable bonds is 4. The number of aromatic nitrogens is 2. The standard InChI is InChI=1S/C16H16N2OS/c1-12(18-10-9-17-11-18)15-7-8-16(20-15)13-3-5-14(19-2)6-4-13/h3-12H,1-2H3. The fraction of sp³-hybridized carbons (Fsp3) is 0.188. The Morgan fingerprint density at radius 3 is 2.60 bits per heavy atom. The lowest BCUT2D eigenvalue weighted by atomic mass is 10.2. The third-order valence-electron chi connectivity index (χ3n) is 3.39. The van der Waals surface area contributed by atoms with Crippen molar-refractivity contribution in [3.63, 3.8) is 0 Å². The molecule has 0 saturated carbocycles. The molecule has 0 fully saturated rings. The van der Waals surface area contributed by atoms with Crippen molar-refractivity contribution in [2.45, 2.75) is 13.0 Å². The summed E-state index contributed by atoms with van der Waals surface area (Å²) in [5.74, 6) is 0.886. The van der Waals surface area contributed by atoms with Crippen LogP contribution in [-0.2, 0) is 0 Å². The molecule has 3 rings (SSSR count). The summed E-state index contributed by atoms with van der Waals surface area (Å²) in [6.45, 7) is 2.19. The highest BCUT2D eigenvalue weighted by Crippen LogP contribution is 2.33. The summed E-state index contributed by atoms with van der Waals surface area (Å²) in [6, 6.07) is 12.9. The molecule has 3 aromatic rings. The van der Waals surface area contributed by atoms with Crippen LogP contribution in [0.25, 0.3) is 10.4 Å². The second kappa shape index (κ2) is 5.51. The molecule has 2 aromatic heterocycles. The third kappa shape index (κ3) is 2.47. The highest BCUT2D eigenvalue weighted by molar-refractivity contribution is 7.15. The van der Waals surface area contributed by atoms with Gasteiger partial charge in [0.15, 0.2) is 0 Å². The number of ether oxygens (including phenoxy) is 1. The topological polar surface area (TPSA) is 27.1 Å². The fourth-order valence-electron chi connectivity index (χ4n) is 2.13. The van der Waals surface area contributed by atoms with Gasteiger partial charge in [-0.25, -0.2) is 4.98 Å². The predicted octanol–water partition coefficient (Wildman–Crippen LogP) is 4.23. The van der Waals surface area contributed by atoms with Gasteiger partial charge in [0.05, 0.1) is 19.5 Å². The van der Waals surface area contributed by atoms with Gasteiger partial charge in [-0.05, 0) is 48.9 Å². The molecule has 0 aliphatic rings. The van der Waals surface area contributed by atoms with Gasteiger partial charge in [0.2, 0.25) is 0 Å². The normalized spacial score (nSPS) is 12.3. The Balaban J connectivity index is 1.86. The number of thiophene rings is 1. The van der Waals surface area contributed by atoms with E-state index in [1.54, 1.807) is 7.11 Å². The van der Waals surface area contributed by atoms with Crippen LogP contribution in [-0.4, -0.2) is 16.7 Å². The Labute approximate surface area is 122 Å². The highest BCUT2D eigenvalue weighted by atomic mass is 32.1. The number of hydrogen-bond acceptors (Lipinski definition) is 3. The Bertz CT molecular complexity index is 671. The molecule has 20 heavy (non-hydrogen) atoms. The van der Waals surface area contributed by atoms with Gasteiger partial charge in [0.25, 0.3) is 0 Å². The number of hydrogen-bond donors (Lipinski definition) is 0. The van der Waals surface area contributed by atoms with Crippen LogP contribution in [0.1, 0.15) is 17.8 Å². The Hall–Kier alpha value is -2.07. The van der Waals surface area contributed by atoms with E-state index in [1.807, 2.05) is 42.2 Å². The van der Waals surface area contributed by atoms with E-state index < -0.39 is 0 Å². The molecule has 2 heterocycles. The molecule has 0 saturated heterocycles. The lowest BCUT2D eigenvalue weighted by molar-refractivity contribution is 0.415. The van der Waals surface area contributed by atoms with Gasteiger partial charge in [-0.2, -0.15) is 0 Å². The van der Waals surface area contributed by atoms with Gasteiger partial charge in [-0.3, -0.25) is 0 Å². The third-order valence-corrected chi connectivity index (χ3v) is 4.69. The van der Waals surface area contributed by atoms with Crippen LogP contribution in [0.5, 0.6) is 5.75 Å². The SMILES string of the molecule is COc1ccc(-c2ccc(C(C)n3ccnc3)s2)cc1. The molecule has 1 unspecified atom stereocenters. The molecule has 0 radical (unpaired) electrons. The van der Waals surface area contributed by atoms with E-state index in [2.05, 4.69) is 40.7 Å². The van der Waals surface area contributed by atoms with Gasteiger partial charge in [-0.15, -0.1) is 11.3 Å². The average molecular weight is 284 g/mol. The molecule has 0 N–H and O–H groups in total. The van der Waals surface area contributed by atoms with Crippen molar-refractivity contribution < 1.29 is 4.74 Å². The van der Waals surface area contributed by atoms with Gasteiger partial charge < -0.3 is 9.30 Å². The van der Waals surface area contributed by atoms with Crippen LogP contribution in [0.3, 0.4) is 0 Å². The lowest BCUT2D eigenvalue weighted by Gasteiger charge is -2.10. The molecule has 0 aliphatic carbocycles. The first-order valence-electron chi connectivity index (χ1n) is 6.49. The maximum Gasteiger partial charge on any atom is 0.118 e. The molecule has 4 heteroatoms. The molecule has 3 nitrogen and oxygen atoms in total. The molecule has 1 atom stereocenters. The largest absolute Gasteiger partial charge is 0.497 e. The quantitative estimate of drug-likeness (QED) is 0.717. The highest BCUT2D eigenvalue weighted by Gasteiger charge is 2.11. The van der Waals surface area contributed by atoms with Crippen molar-refractivity contribution in [1.82, 2.24) is 9.55 Å². The maximum absolute atomic E-state index is 5.19. The van der Waals surface area contributed by atoms with Crippen LogP contribution >= 0.6 is 11.3 Å². The summed E-state index contributed by atoms with van der Waals surface area (Å²) in [5.41, 5.74) is 1.22. The molecular formula is C16H16N2OS. The summed E-state index contributed by atoms with van der Waals surface area (Å²) >= 11 is 1.82. The first kappa shape index (κ1) is 12.9. The van der Waals surface area contributed by atoms with E-state index in [0.29, 0.717) is 6.04 Å². The Kier molecular flexibility index (Phi) is 3.56. The number of benzene rings is 1. The lowest BCUT2D eigenvalue weighted by Crippen LogP contribution is -2.01. The van der Waals surface area contributed by atoms with Crippen LogP contribution in [0.2, 0.25) is 0 Å². The average Bonchev–Trinajstić information content (AvgIpc) is 3.18. The van der Waals surface area contributed by atoms with E-state index in [4.69, 9.17) is 4.74 Å². The van der Waals surface area contributed by atoms with Crippen LogP contribution in [0, 0.1) is 0 Å². The van der Waals surface area contributed by atoms with E-state index in [-0.39, 0.29) is 0 Å². The zero-order valence-electron chi connectivity index (χ0n) is 11.5. The number of methoxy groups -OCH3 is 1. The van der Waals surface area contributed by atoms with Crippen molar-refractivity contribution >= 4 is 11.3 Å². The summed E-state index contributed by atoms with van der Waals surface area (Å²) < 4.78 is 7.31. The molecule has 0 spiro atoms. The van der Waals surface area contributed by atoms with E-state index in [1.165, 1.54) is 15.3 Å². The zero-order valence-corrected chi connectivity index (χ0v) is 12.3. The minimum Gasteiger partial charge on any atom is -0.497 e. The smallest absolute Gasteiger partial charge is 0.118 e. The summed E-state index contributed by atoms with van der Waals surface area (Å²) in [5, 5.41) is 0.